The highest BCUT2D eigenvalue weighted by Gasteiger charge is 2.34. The molecule has 1 fully saturated rings. The number of hydrogen-bond donors (Lipinski definition) is 1. The molecule has 9 nitrogen and oxygen atoms in total. The molecular formula is C20H17ClN4O5S. The fraction of sp³-hybridized carbons (Fsp3) is 0.200. The number of imide groups is 1. The summed E-state index contributed by atoms with van der Waals surface area (Å²) in [6, 6.07) is 7.49. The van der Waals surface area contributed by atoms with E-state index < -0.39 is 16.1 Å². The number of pyridine rings is 1. The summed E-state index contributed by atoms with van der Waals surface area (Å²) >= 11 is 6.52. The lowest BCUT2D eigenvalue weighted by Crippen LogP contribution is -2.37. The van der Waals surface area contributed by atoms with E-state index in [-0.39, 0.29) is 34.6 Å². The summed E-state index contributed by atoms with van der Waals surface area (Å²) in [6.45, 7) is 3.62. The lowest BCUT2D eigenvalue weighted by atomic mass is 10.1. The molecule has 0 saturated carbocycles. The number of rotatable bonds is 6. The van der Waals surface area contributed by atoms with Gasteiger partial charge in [0.2, 0.25) is 0 Å². The molecule has 1 N–H and O–H groups in total. The van der Waals surface area contributed by atoms with Gasteiger partial charge in [0.1, 0.15) is 5.02 Å². The Morgan fingerprint density at radius 3 is 2.71 bits per heavy atom. The maximum Gasteiger partial charge on any atom is 0.293 e. The van der Waals surface area contributed by atoms with Crippen LogP contribution in [0.3, 0.4) is 0 Å². The van der Waals surface area contributed by atoms with Crippen molar-refractivity contribution in [1.82, 2.24) is 15.2 Å². The first-order chi connectivity index (χ1) is 14.7. The lowest BCUT2D eigenvalue weighted by molar-refractivity contribution is -0.384. The number of benzene rings is 1. The largest absolute Gasteiger partial charge is 0.350 e. The molecule has 0 atom stereocenters. The second-order valence-electron chi connectivity index (χ2n) is 6.64. The minimum atomic E-state index is -0.626. The summed E-state index contributed by atoms with van der Waals surface area (Å²) in [6.07, 6.45) is 1.40. The Hall–Kier alpha value is -3.24. The minimum absolute atomic E-state index is 0.00709. The Morgan fingerprint density at radius 2 is 2.03 bits per heavy atom. The monoisotopic (exact) mass is 460 g/mol. The Morgan fingerprint density at radius 1 is 1.29 bits per heavy atom. The number of aryl methyl sites for hydroxylation is 2. The second kappa shape index (κ2) is 9.27. The van der Waals surface area contributed by atoms with Crippen molar-refractivity contribution in [3.8, 4) is 0 Å². The summed E-state index contributed by atoms with van der Waals surface area (Å²) in [7, 11) is 0. The molecule has 0 spiro atoms. The number of nitrogens with zero attached hydrogens (tertiary/aromatic N) is 3. The van der Waals surface area contributed by atoms with Crippen LogP contribution in [0.4, 0.5) is 10.5 Å². The highest BCUT2D eigenvalue weighted by molar-refractivity contribution is 8.18. The van der Waals surface area contributed by atoms with Gasteiger partial charge in [-0.15, -0.1) is 0 Å². The molecule has 0 bridgehead atoms. The van der Waals surface area contributed by atoms with Crippen molar-refractivity contribution < 1.29 is 19.3 Å². The standard InChI is InChI=1S/C20H17ClN4O5S/c1-11-3-5-14(12(2)23-11)18(26)22-7-8-24-19(27)17(31-20(24)28)10-13-4-6-15(21)16(9-13)25(29)30/h3-6,9-10H,7-8H2,1-2H3,(H,22,26)/b17-10+. The first kappa shape index (κ1) is 22.4. The van der Waals surface area contributed by atoms with Gasteiger partial charge in [-0.05, 0) is 55.4 Å². The first-order valence-electron chi connectivity index (χ1n) is 9.09. The van der Waals surface area contributed by atoms with E-state index in [2.05, 4.69) is 10.3 Å². The summed E-state index contributed by atoms with van der Waals surface area (Å²) in [5.74, 6) is -0.879. The van der Waals surface area contributed by atoms with Crippen molar-refractivity contribution in [2.24, 2.45) is 0 Å². The molecule has 3 amide bonds. The number of hydrogen-bond acceptors (Lipinski definition) is 7. The molecule has 11 heteroatoms. The molecule has 1 aliphatic rings. The number of nitrogens with one attached hydrogen (secondary N) is 1. The van der Waals surface area contributed by atoms with Crippen LogP contribution in [0.1, 0.15) is 27.3 Å². The van der Waals surface area contributed by atoms with Gasteiger partial charge >= 0.3 is 0 Å². The Bertz CT molecular complexity index is 1130. The number of amides is 3. The van der Waals surface area contributed by atoms with Crippen LogP contribution in [0.5, 0.6) is 0 Å². The van der Waals surface area contributed by atoms with Gasteiger partial charge in [-0.25, -0.2) is 0 Å². The van der Waals surface area contributed by atoms with Crippen LogP contribution in [0, 0.1) is 24.0 Å². The number of thioether (sulfide) groups is 1. The van der Waals surface area contributed by atoms with Gasteiger partial charge in [-0.1, -0.05) is 17.7 Å². The first-order valence-corrected chi connectivity index (χ1v) is 10.3. The summed E-state index contributed by atoms with van der Waals surface area (Å²) in [4.78, 5) is 52.9. The zero-order valence-electron chi connectivity index (χ0n) is 16.5. The van der Waals surface area contributed by atoms with E-state index in [0.29, 0.717) is 16.8 Å². The highest BCUT2D eigenvalue weighted by atomic mass is 35.5. The van der Waals surface area contributed by atoms with Gasteiger partial charge in [-0.2, -0.15) is 0 Å². The van der Waals surface area contributed by atoms with Crippen LogP contribution in [-0.2, 0) is 4.79 Å². The van der Waals surface area contributed by atoms with Crippen molar-refractivity contribution in [1.29, 1.82) is 0 Å². The lowest BCUT2D eigenvalue weighted by Gasteiger charge is -2.13. The molecule has 1 aromatic carbocycles. The van der Waals surface area contributed by atoms with Crippen LogP contribution in [0.2, 0.25) is 5.02 Å². The molecule has 1 saturated heterocycles. The van der Waals surface area contributed by atoms with E-state index >= 15 is 0 Å². The molecule has 1 aliphatic heterocycles. The number of aromatic nitrogens is 1. The van der Waals surface area contributed by atoms with Gasteiger partial charge in [0.25, 0.3) is 22.7 Å². The van der Waals surface area contributed by atoms with Gasteiger partial charge in [0, 0.05) is 24.8 Å². The maximum atomic E-state index is 12.6. The van der Waals surface area contributed by atoms with Crippen molar-refractivity contribution in [2.75, 3.05) is 13.1 Å². The Kier molecular flexibility index (Phi) is 6.71. The van der Waals surface area contributed by atoms with Gasteiger partial charge in [0.15, 0.2) is 0 Å². The molecular weight excluding hydrogens is 444 g/mol. The van der Waals surface area contributed by atoms with E-state index in [9.17, 15) is 24.5 Å². The predicted octanol–water partition coefficient (Wildman–Crippen LogP) is 3.73. The quantitative estimate of drug-likeness (QED) is 0.396. The molecule has 3 rings (SSSR count). The van der Waals surface area contributed by atoms with E-state index in [1.165, 1.54) is 24.3 Å². The third-order valence-corrected chi connectivity index (χ3v) is 5.66. The Labute approximate surface area is 186 Å². The van der Waals surface area contributed by atoms with E-state index in [4.69, 9.17) is 11.6 Å². The number of nitro groups is 1. The van der Waals surface area contributed by atoms with Crippen molar-refractivity contribution in [3.63, 3.8) is 0 Å². The third kappa shape index (κ3) is 5.09. The van der Waals surface area contributed by atoms with E-state index in [1.54, 1.807) is 19.1 Å². The maximum absolute atomic E-state index is 12.6. The van der Waals surface area contributed by atoms with Crippen LogP contribution in [0.15, 0.2) is 35.2 Å². The smallest absolute Gasteiger partial charge is 0.293 e. The molecule has 0 unspecified atom stereocenters. The summed E-state index contributed by atoms with van der Waals surface area (Å²) in [5.41, 5.74) is 1.88. The van der Waals surface area contributed by atoms with E-state index in [0.717, 1.165) is 22.4 Å². The molecule has 2 heterocycles. The highest BCUT2D eigenvalue weighted by Crippen LogP contribution is 2.33. The topological polar surface area (TPSA) is 123 Å². The van der Waals surface area contributed by atoms with Gasteiger partial charge in [-0.3, -0.25) is 34.4 Å². The van der Waals surface area contributed by atoms with Gasteiger partial charge < -0.3 is 5.32 Å². The van der Waals surface area contributed by atoms with Crippen LogP contribution in [-0.4, -0.2) is 45.0 Å². The molecule has 0 aliphatic carbocycles. The average molecular weight is 461 g/mol. The van der Waals surface area contributed by atoms with E-state index in [1.807, 2.05) is 6.92 Å². The zero-order valence-corrected chi connectivity index (χ0v) is 18.1. The Balaban J connectivity index is 1.65. The fourth-order valence-electron chi connectivity index (χ4n) is 2.91. The summed E-state index contributed by atoms with van der Waals surface area (Å²) in [5, 5.41) is 13.2. The van der Waals surface area contributed by atoms with Crippen molar-refractivity contribution in [3.05, 3.63) is 72.9 Å². The van der Waals surface area contributed by atoms with Crippen LogP contribution in [0.25, 0.3) is 6.08 Å². The normalized spacial score (nSPS) is 14.9. The van der Waals surface area contributed by atoms with Crippen LogP contribution >= 0.6 is 23.4 Å². The summed E-state index contributed by atoms with van der Waals surface area (Å²) < 4.78 is 0. The molecule has 31 heavy (non-hydrogen) atoms. The fourth-order valence-corrected chi connectivity index (χ4v) is 3.96. The van der Waals surface area contributed by atoms with Gasteiger partial charge in [0.05, 0.1) is 21.1 Å². The zero-order chi connectivity index (χ0) is 22.7. The molecule has 1 aromatic heterocycles. The third-order valence-electron chi connectivity index (χ3n) is 4.43. The number of halogens is 1. The number of carbonyl (C=O) groups is 3. The average Bonchev–Trinajstić information content (AvgIpc) is 2.96. The number of nitro benzene ring substituents is 1. The van der Waals surface area contributed by atoms with Crippen LogP contribution < -0.4 is 5.32 Å². The van der Waals surface area contributed by atoms with Crippen molar-refractivity contribution in [2.45, 2.75) is 13.8 Å². The minimum Gasteiger partial charge on any atom is -0.350 e. The van der Waals surface area contributed by atoms with Crippen molar-refractivity contribution >= 4 is 52.2 Å². The SMILES string of the molecule is Cc1ccc(C(=O)NCCN2C(=O)S/C(=C/c3ccc(Cl)c([N+](=O)[O-])c3)C2=O)c(C)n1. The molecule has 0 radical (unpaired) electrons. The molecule has 160 valence electrons. The second-order valence-corrected chi connectivity index (χ2v) is 8.04. The molecule has 2 aromatic rings. The predicted molar refractivity (Wildman–Crippen MR) is 117 cm³/mol. The number of carbonyl (C=O) groups excluding carboxylic acids is 3.